The summed E-state index contributed by atoms with van der Waals surface area (Å²) in [4.78, 5) is 12.0. The second-order valence-electron chi connectivity index (χ2n) is 4.12. The molecule has 2 rings (SSSR count). The SMILES string of the molecule is CC1CC2(CN1)CN(C(=O)O)C2. The van der Waals surface area contributed by atoms with Crippen molar-refractivity contribution in [2.24, 2.45) is 5.41 Å². The predicted octanol–water partition coefficient (Wildman–Crippen LogP) is 0.348. The summed E-state index contributed by atoms with van der Waals surface area (Å²) < 4.78 is 0. The van der Waals surface area contributed by atoms with E-state index in [0.29, 0.717) is 6.04 Å². The molecule has 0 aromatic rings. The van der Waals surface area contributed by atoms with Crippen LogP contribution in [0.1, 0.15) is 13.3 Å². The van der Waals surface area contributed by atoms with Crippen molar-refractivity contribution in [1.29, 1.82) is 0 Å². The highest BCUT2D eigenvalue weighted by atomic mass is 16.4. The van der Waals surface area contributed by atoms with Crippen molar-refractivity contribution in [2.75, 3.05) is 19.6 Å². The van der Waals surface area contributed by atoms with E-state index in [4.69, 9.17) is 5.11 Å². The van der Waals surface area contributed by atoms with Crippen molar-refractivity contribution >= 4 is 6.09 Å². The van der Waals surface area contributed by atoms with E-state index in [1.54, 1.807) is 0 Å². The van der Waals surface area contributed by atoms with E-state index < -0.39 is 6.09 Å². The second-order valence-corrected chi connectivity index (χ2v) is 4.12. The molecule has 2 fully saturated rings. The van der Waals surface area contributed by atoms with Crippen LogP contribution in [0.3, 0.4) is 0 Å². The molecule has 2 N–H and O–H groups in total. The summed E-state index contributed by atoms with van der Waals surface area (Å²) in [5, 5.41) is 12.0. The molecule has 4 nitrogen and oxygen atoms in total. The Bertz CT molecular complexity index is 211. The number of hydrogen-bond acceptors (Lipinski definition) is 2. The van der Waals surface area contributed by atoms with Crippen LogP contribution in [0.5, 0.6) is 0 Å². The molecule has 0 saturated carbocycles. The summed E-state index contributed by atoms with van der Waals surface area (Å²) in [6.07, 6.45) is 0.344. The maximum atomic E-state index is 10.5. The summed E-state index contributed by atoms with van der Waals surface area (Å²) in [5.41, 5.74) is 0.276. The highest BCUT2D eigenvalue weighted by Crippen LogP contribution is 2.38. The molecule has 0 aromatic heterocycles. The van der Waals surface area contributed by atoms with Crippen LogP contribution in [-0.2, 0) is 0 Å². The molecule has 2 saturated heterocycles. The normalized spacial score (nSPS) is 32.1. The fraction of sp³-hybridized carbons (Fsp3) is 0.875. The summed E-state index contributed by atoms with van der Waals surface area (Å²) in [7, 11) is 0. The van der Waals surface area contributed by atoms with Crippen molar-refractivity contribution in [3.05, 3.63) is 0 Å². The maximum absolute atomic E-state index is 10.5. The third kappa shape index (κ3) is 1.06. The number of carbonyl (C=O) groups is 1. The Morgan fingerprint density at radius 3 is 2.75 bits per heavy atom. The van der Waals surface area contributed by atoms with Gasteiger partial charge >= 0.3 is 6.09 Å². The van der Waals surface area contributed by atoms with E-state index in [9.17, 15) is 4.79 Å². The Morgan fingerprint density at radius 1 is 1.67 bits per heavy atom. The molecule has 0 radical (unpaired) electrons. The van der Waals surface area contributed by atoms with Gasteiger partial charge in [0, 0.05) is 31.1 Å². The average Bonchev–Trinajstić information content (AvgIpc) is 2.27. The fourth-order valence-corrected chi connectivity index (χ4v) is 2.32. The zero-order valence-corrected chi connectivity index (χ0v) is 7.21. The van der Waals surface area contributed by atoms with Crippen molar-refractivity contribution < 1.29 is 9.90 Å². The Hall–Kier alpha value is -0.770. The van der Waals surface area contributed by atoms with Gasteiger partial charge in [0.05, 0.1) is 0 Å². The zero-order chi connectivity index (χ0) is 8.77. The molecule has 1 amide bonds. The lowest BCUT2D eigenvalue weighted by atomic mass is 9.78. The lowest BCUT2D eigenvalue weighted by Gasteiger charge is -2.46. The van der Waals surface area contributed by atoms with E-state index in [2.05, 4.69) is 12.2 Å². The largest absolute Gasteiger partial charge is 0.465 e. The topological polar surface area (TPSA) is 52.6 Å². The first-order valence-electron chi connectivity index (χ1n) is 4.33. The minimum absolute atomic E-state index is 0.276. The second kappa shape index (κ2) is 2.36. The number of carboxylic acid groups (broad SMARTS) is 1. The van der Waals surface area contributed by atoms with Gasteiger partial charge in [-0.15, -0.1) is 0 Å². The zero-order valence-electron chi connectivity index (χ0n) is 7.21. The first kappa shape index (κ1) is 7.86. The quantitative estimate of drug-likeness (QED) is 0.551. The number of likely N-dealkylation sites (tertiary alicyclic amines) is 1. The number of nitrogens with zero attached hydrogens (tertiary/aromatic N) is 1. The Labute approximate surface area is 71.5 Å². The standard InChI is InChI=1S/C8H14N2O2/c1-6-2-8(3-9-6)4-10(5-8)7(11)12/h6,9H,2-5H2,1H3,(H,11,12). The summed E-state index contributed by atoms with van der Waals surface area (Å²) >= 11 is 0. The highest BCUT2D eigenvalue weighted by molar-refractivity contribution is 5.66. The molecular weight excluding hydrogens is 156 g/mol. The molecular formula is C8H14N2O2. The van der Waals surface area contributed by atoms with Gasteiger partial charge in [0.15, 0.2) is 0 Å². The number of nitrogens with one attached hydrogen (secondary N) is 1. The van der Waals surface area contributed by atoms with Crippen LogP contribution in [-0.4, -0.2) is 41.8 Å². The first-order valence-corrected chi connectivity index (χ1v) is 4.33. The van der Waals surface area contributed by atoms with Crippen molar-refractivity contribution in [3.63, 3.8) is 0 Å². The molecule has 1 unspecified atom stereocenters. The minimum atomic E-state index is -0.778. The fourth-order valence-electron chi connectivity index (χ4n) is 2.32. The van der Waals surface area contributed by atoms with Crippen molar-refractivity contribution in [3.8, 4) is 0 Å². The predicted molar refractivity (Wildman–Crippen MR) is 44.1 cm³/mol. The molecule has 4 heteroatoms. The monoisotopic (exact) mass is 170 g/mol. The lowest BCUT2D eigenvalue weighted by molar-refractivity contribution is 0.0227. The summed E-state index contributed by atoms with van der Waals surface area (Å²) in [6.45, 7) is 4.58. The molecule has 0 aromatic carbocycles. The van der Waals surface area contributed by atoms with Gasteiger partial charge in [-0.3, -0.25) is 0 Å². The van der Waals surface area contributed by atoms with Gasteiger partial charge in [-0.05, 0) is 13.3 Å². The number of rotatable bonds is 0. The Kier molecular flexibility index (Phi) is 1.54. The molecule has 12 heavy (non-hydrogen) atoms. The van der Waals surface area contributed by atoms with Gasteiger partial charge in [-0.25, -0.2) is 4.79 Å². The van der Waals surface area contributed by atoms with Crippen LogP contribution in [0.25, 0.3) is 0 Å². The van der Waals surface area contributed by atoms with E-state index >= 15 is 0 Å². The number of hydrogen-bond donors (Lipinski definition) is 2. The van der Waals surface area contributed by atoms with E-state index in [-0.39, 0.29) is 5.41 Å². The van der Waals surface area contributed by atoms with Crippen LogP contribution >= 0.6 is 0 Å². The Balaban J connectivity index is 1.91. The van der Waals surface area contributed by atoms with Crippen LogP contribution in [0.4, 0.5) is 4.79 Å². The molecule has 1 spiro atoms. The molecule has 0 aliphatic carbocycles. The van der Waals surface area contributed by atoms with Crippen LogP contribution in [0, 0.1) is 5.41 Å². The van der Waals surface area contributed by atoms with Crippen LogP contribution < -0.4 is 5.32 Å². The van der Waals surface area contributed by atoms with Gasteiger partial charge < -0.3 is 15.3 Å². The van der Waals surface area contributed by atoms with Crippen molar-refractivity contribution in [2.45, 2.75) is 19.4 Å². The average molecular weight is 170 g/mol. The molecule has 1 atom stereocenters. The summed E-state index contributed by atoms with van der Waals surface area (Å²) in [5.74, 6) is 0. The van der Waals surface area contributed by atoms with Crippen LogP contribution in [0.15, 0.2) is 0 Å². The third-order valence-electron chi connectivity index (χ3n) is 2.89. The third-order valence-corrected chi connectivity index (χ3v) is 2.89. The Morgan fingerprint density at radius 2 is 2.33 bits per heavy atom. The summed E-state index contributed by atoms with van der Waals surface area (Å²) in [6, 6.07) is 0.556. The van der Waals surface area contributed by atoms with Gasteiger partial charge in [-0.2, -0.15) is 0 Å². The van der Waals surface area contributed by atoms with Gasteiger partial charge in [0.1, 0.15) is 0 Å². The van der Waals surface area contributed by atoms with Gasteiger partial charge in [0.25, 0.3) is 0 Å². The smallest absolute Gasteiger partial charge is 0.407 e. The molecule has 2 aliphatic heterocycles. The maximum Gasteiger partial charge on any atom is 0.407 e. The molecule has 2 aliphatic rings. The van der Waals surface area contributed by atoms with E-state index in [1.165, 1.54) is 4.90 Å². The van der Waals surface area contributed by atoms with E-state index in [1.807, 2.05) is 0 Å². The molecule has 2 heterocycles. The van der Waals surface area contributed by atoms with Gasteiger partial charge in [-0.1, -0.05) is 0 Å². The molecule has 68 valence electrons. The van der Waals surface area contributed by atoms with E-state index in [0.717, 1.165) is 26.1 Å². The number of amides is 1. The van der Waals surface area contributed by atoms with Crippen LogP contribution in [0.2, 0.25) is 0 Å². The highest BCUT2D eigenvalue weighted by Gasteiger charge is 2.48. The minimum Gasteiger partial charge on any atom is -0.465 e. The first-order chi connectivity index (χ1) is 5.61. The lowest BCUT2D eigenvalue weighted by Crippen LogP contribution is -2.59. The van der Waals surface area contributed by atoms with Crippen molar-refractivity contribution in [1.82, 2.24) is 10.2 Å². The van der Waals surface area contributed by atoms with Gasteiger partial charge in [0.2, 0.25) is 0 Å². The molecule has 0 bridgehead atoms.